The van der Waals surface area contributed by atoms with Gasteiger partial charge in [-0.15, -0.1) is 0 Å². The van der Waals surface area contributed by atoms with Gasteiger partial charge >= 0.3 is 0 Å². The smallest absolute Gasteiger partial charge is 0.254 e. The van der Waals surface area contributed by atoms with Crippen LogP contribution in [0.25, 0.3) is 0 Å². The second-order valence-corrected chi connectivity index (χ2v) is 7.45. The Labute approximate surface area is 158 Å². The van der Waals surface area contributed by atoms with Gasteiger partial charge in [-0.05, 0) is 43.7 Å². The van der Waals surface area contributed by atoms with Crippen molar-refractivity contribution < 1.29 is 19.1 Å². The van der Waals surface area contributed by atoms with Crippen molar-refractivity contribution in [2.45, 2.75) is 32.8 Å². The number of hydrazone groups is 1. The zero-order valence-corrected chi connectivity index (χ0v) is 15.8. The molecule has 0 aromatic heterocycles. The molecule has 0 N–H and O–H groups in total. The monoisotopic (exact) mass is 368 g/mol. The number of fused-ring (bicyclic) bond motifs is 5. The van der Waals surface area contributed by atoms with E-state index in [1.165, 1.54) is 6.21 Å². The third-order valence-electron chi connectivity index (χ3n) is 5.88. The van der Waals surface area contributed by atoms with Gasteiger partial charge in [0.2, 0.25) is 0 Å². The summed E-state index contributed by atoms with van der Waals surface area (Å²) in [6, 6.07) is 5.48. The van der Waals surface area contributed by atoms with Crippen LogP contribution in [0.2, 0.25) is 0 Å². The van der Waals surface area contributed by atoms with Gasteiger partial charge in [0.25, 0.3) is 11.8 Å². The topological polar surface area (TPSA) is 68.2 Å². The predicted octanol–water partition coefficient (Wildman–Crippen LogP) is 3.01. The van der Waals surface area contributed by atoms with E-state index in [2.05, 4.69) is 17.3 Å². The first-order chi connectivity index (χ1) is 13.0. The van der Waals surface area contributed by atoms with Crippen LogP contribution in [0.1, 0.15) is 32.3 Å². The molecule has 5 atom stereocenters. The maximum Gasteiger partial charge on any atom is 0.254 e. The second kappa shape index (κ2) is 6.83. The lowest BCUT2D eigenvalue weighted by Crippen LogP contribution is -2.28. The van der Waals surface area contributed by atoms with Crippen molar-refractivity contribution in [3.8, 4) is 11.5 Å². The van der Waals surface area contributed by atoms with E-state index in [-0.39, 0.29) is 41.6 Å². The minimum atomic E-state index is -0.245. The van der Waals surface area contributed by atoms with E-state index in [1.807, 2.05) is 32.0 Å². The quantitative estimate of drug-likeness (QED) is 0.440. The first-order valence-corrected chi connectivity index (χ1v) is 9.49. The Morgan fingerprint density at radius 3 is 2.48 bits per heavy atom. The minimum absolute atomic E-state index is 0.00422. The Balaban J connectivity index is 1.60. The van der Waals surface area contributed by atoms with Crippen LogP contribution >= 0.6 is 0 Å². The molecule has 1 heterocycles. The summed E-state index contributed by atoms with van der Waals surface area (Å²) in [5.41, 5.74) is 0.674. The van der Waals surface area contributed by atoms with Gasteiger partial charge < -0.3 is 9.47 Å². The van der Waals surface area contributed by atoms with Crippen LogP contribution in [0.5, 0.6) is 11.5 Å². The number of nitrogens with zero attached hydrogens (tertiary/aromatic N) is 2. The van der Waals surface area contributed by atoms with E-state index in [0.717, 1.165) is 17.9 Å². The molecule has 5 unspecified atom stereocenters. The third kappa shape index (κ3) is 2.83. The summed E-state index contributed by atoms with van der Waals surface area (Å²) in [7, 11) is 1.58. The van der Waals surface area contributed by atoms with Crippen molar-refractivity contribution in [2.24, 2.45) is 28.8 Å². The maximum absolute atomic E-state index is 12.7. The van der Waals surface area contributed by atoms with Gasteiger partial charge in [0, 0.05) is 5.56 Å². The van der Waals surface area contributed by atoms with Crippen LogP contribution < -0.4 is 9.47 Å². The summed E-state index contributed by atoms with van der Waals surface area (Å²) in [6.45, 7) is 4.02. The highest BCUT2D eigenvalue weighted by Gasteiger charge is 2.59. The minimum Gasteiger partial charge on any atom is -0.493 e. The molecule has 2 amide bonds. The molecule has 0 radical (unpaired) electrons. The Hall–Kier alpha value is -2.63. The Kier molecular flexibility index (Phi) is 4.50. The normalized spacial score (nSPS) is 29.7. The zero-order valence-electron chi connectivity index (χ0n) is 15.8. The van der Waals surface area contributed by atoms with Crippen LogP contribution in [0.4, 0.5) is 0 Å². The molecule has 3 aliphatic rings. The highest BCUT2D eigenvalue weighted by atomic mass is 16.5. The zero-order chi connectivity index (χ0) is 19.1. The Morgan fingerprint density at radius 1 is 1.22 bits per heavy atom. The highest BCUT2D eigenvalue weighted by molar-refractivity contribution is 6.07. The number of benzene rings is 1. The summed E-state index contributed by atoms with van der Waals surface area (Å²) in [4.78, 5) is 25.5. The molecule has 2 fully saturated rings. The van der Waals surface area contributed by atoms with Gasteiger partial charge in [-0.3, -0.25) is 9.59 Å². The fourth-order valence-corrected chi connectivity index (χ4v) is 4.33. The summed E-state index contributed by atoms with van der Waals surface area (Å²) in [5, 5.41) is 5.30. The van der Waals surface area contributed by atoms with Crippen molar-refractivity contribution in [1.82, 2.24) is 5.01 Å². The van der Waals surface area contributed by atoms with Gasteiger partial charge in [-0.1, -0.05) is 25.1 Å². The number of para-hydroxylation sites is 1. The lowest BCUT2D eigenvalue weighted by molar-refractivity contribution is -0.140. The number of imide groups is 1. The number of rotatable bonds is 6. The van der Waals surface area contributed by atoms with Crippen molar-refractivity contribution in [1.29, 1.82) is 0 Å². The lowest BCUT2D eigenvalue weighted by Gasteiger charge is -2.17. The van der Waals surface area contributed by atoms with E-state index in [9.17, 15) is 9.59 Å². The molecular weight excluding hydrogens is 344 g/mol. The van der Waals surface area contributed by atoms with Crippen molar-refractivity contribution in [2.75, 3.05) is 7.11 Å². The number of amides is 2. The average molecular weight is 368 g/mol. The molecular formula is C21H24N2O4. The number of allylic oxidation sites excluding steroid dienone is 2. The van der Waals surface area contributed by atoms with E-state index >= 15 is 0 Å². The molecule has 1 aliphatic heterocycles. The number of hydrogen-bond donors (Lipinski definition) is 0. The molecule has 0 spiro atoms. The SMILES string of the molecule is CCC(C)Oc1c(C=NN2C(=O)C3C4C=CC(C4)C3C2=O)cccc1OC. The number of carbonyl (C=O) groups is 2. The first kappa shape index (κ1) is 17.8. The van der Waals surface area contributed by atoms with Crippen molar-refractivity contribution in [3.63, 3.8) is 0 Å². The summed E-state index contributed by atoms with van der Waals surface area (Å²) >= 11 is 0. The van der Waals surface area contributed by atoms with Crippen LogP contribution in [0, 0.1) is 23.7 Å². The molecule has 1 aromatic carbocycles. The lowest BCUT2D eigenvalue weighted by atomic mass is 9.85. The standard InChI is InChI=1S/C21H24N2O4/c1-4-12(2)27-19-15(6-5-7-16(19)26-3)11-22-23-20(24)17-13-8-9-14(10-13)18(17)21(23)25/h5-9,11-14,17-18H,4,10H2,1-3H3. The second-order valence-electron chi connectivity index (χ2n) is 7.45. The van der Waals surface area contributed by atoms with Crippen LogP contribution in [0.3, 0.4) is 0 Å². The number of ether oxygens (including phenoxy) is 2. The summed E-state index contributed by atoms with van der Waals surface area (Å²) in [6.07, 6.45) is 7.43. The Morgan fingerprint density at radius 2 is 1.89 bits per heavy atom. The molecule has 1 saturated heterocycles. The van der Waals surface area contributed by atoms with Gasteiger partial charge in [0.1, 0.15) is 0 Å². The predicted molar refractivity (Wildman–Crippen MR) is 101 cm³/mol. The fourth-order valence-electron chi connectivity index (χ4n) is 4.33. The van der Waals surface area contributed by atoms with E-state index in [4.69, 9.17) is 9.47 Å². The number of methoxy groups -OCH3 is 1. The van der Waals surface area contributed by atoms with Crippen LogP contribution in [-0.4, -0.2) is 36.3 Å². The number of hydrogen-bond acceptors (Lipinski definition) is 5. The molecule has 27 heavy (non-hydrogen) atoms. The van der Waals surface area contributed by atoms with Crippen LogP contribution in [-0.2, 0) is 9.59 Å². The molecule has 1 saturated carbocycles. The molecule has 6 nitrogen and oxygen atoms in total. The molecule has 142 valence electrons. The first-order valence-electron chi connectivity index (χ1n) is 9.49. The maximum atomic E-state index is 12.7. The molecule has 4 rings (SSSR count). The largest absolute Gasteiger partial charge is 0.493 e. The Bertz CT molecular complexity index is 801. The van der Waals surface area contributed by atoms with Crippen LogP contribution in [0.15, 0.2) is 35.5 Å². The van der Waals surface area contributed by atoms with E-state index in [1.54, 1.807) is 7.11 Å². The molecule has 2 bridgehead atoms. The highest BCUT2D eigenvalue weighted by Crippen LogP contribution is 2.52. The van der Waals surface area contributed by atoms with E-state index in [0.29, 0.717) is 17.1 Å². The van der Waals surface area contributed by atoms with E-state index < -0.39 is 0 Å². The van der Waals surface area contributed by atoms with Gasteiger partial charge in [-0.2, -0.15) is 10.1 Å². The molecule has 6 heteroatoms. The van der Waals surface area contributed by atoms with Crippen molar-refractivity contribution >= 4 is 18.0 Å². The summed E-state index contributed by atoms with van der Waals surface area (Å²) in [5.74, 6) is 0.652. The van der Waals surface area contributed by atoms with Gasteiger partial charge in [-0.25, -0.2) is 0 Å². The number of carbonyl (C=O) groups excluding carboxylic acids is 2. The molecule has 2 aliphatic carbocycles. The third-order valence-corrected chi connectivity index (χ3v) is 5.88. The average Bonchev–Trinajstić information content (AvgIpc) is 3.35. The molecule has 1 aromatic rings. The van der Waals surface area contributed by atoms with Gasteiger partial charge in [0.05, 0.1) is 31.3 Å². The van der Waals surface area contributed by atoms with Crippen molar-refractivity contribution in [3.05, 3.63) is 35.9 Å². The fraction of sp³-hybridized carbons (Fsp3) is 0.476. The summed E-state index contributed by atoms with van der Waals surface area (Å²) < 4.78 is 11.4. The van der Waals surface area contributed by atoms with Gasteiger partial charge in [0.15, 0.2) is 11.5 Å².